The highest BCUT2D eigenvalue weighted by Gasteiger charge is 2.22. The van der Waals surface area contributed by atoms with Crippen LogP contribution in [0.25, 0.3) is 11.0 Å². The molecule has 0 saturated carbocycles. The fourth-order valence-corrected chi connectivity index (χ4v) is 2.11. The quantitative estimate of drug-likeness (QED) is 0.689. The van der Waals surface area contributed by atoms with Crippen molar-refractivity contribution in [1.82, 2.24) is 9.55 Å². The number of hydrogen-bond acceptors (Lipinski definition) is 2. The van der Waals surface area contributed by atoms with E-state index in [0.29, 0.717) is 12.2 Å². The Labute approximate surface area is 91.1 Å². The van der Waals surface area contributed by atoms with Gasteiger partial charge in [-0.05, 0) is 12.1 Å². The molecule has 16 heavy (non-hydrogen) atoms. The zero-order chi connectivity index (χ0) is 11.3. The van der Waals surface area contributed by atoms with Gasteiger partial charge >= 0.3 is 5.69 Å². The van der Waals surface area contributed by atoms with Crippen molar-refractivity contribution in [2.75, 3.05) is 5.32 Å². The van der Waals surface area contributed by atoms with E-state index >= 15 is 0 Å². The first kappa shape index (κ1) is 9.21. The molecule has 1 amide bonds. The lowest BCUT2D eigenvalue weighted by molar-refractivity contribution is -0.119. The molecule has 3 rings (SSSR count). The summed E-state index contributed by atoms with van der Waals surface area (Å²) in [4.78, 5) is 26.2. The Balaban J connectivity index is 2.40. The van der Waals surface area contributed by atoms with Gasteiger partial charge in [-0.15, -0.1) is 0 Å². The van der Waals surface area contributed by atoms with Gasteiger partial charge in [-0.3, -0.25) is 9.36 Å². The molecule has 0 radical (unpaired) electrons. The van der Waals surface area contributed by atoms with Crippen molar-refractivity contribution >= 4 is 22.6 Å². The van der Waals surface area contributed by atoms with Gasteiger partial charge in [0.25, 0.3) is 0 Å². The second-order valence-corrected chi connectivity index (χ2v) is 4.13. The maximum Gasteiger partial charge on any atom is 0.326 e. The molecule has 0 aliphatic carbocycles. The summed E-state index contributed by atoms with van der Waals surface area (Å²) in [5.74, 6) is -0.250. The number of para-hydroxylation sites is 1. The zero-order valence-electron chi connectivity index (χ0n) is 8.78. The first-order valence-corrected chi connectivity index (χ1v) is 5.19. The number of anilines is 1. The van der Waals surface area contributed by atoms with E-state index < -0.39 is 0 Å². The van der Waals surface area contributed by atoms with E-state index in [1.54, 1.807) is 4.57 Å². The second kappa shape index (κ2) is 2.98. The minimum atomic E-state index is -0.205. The average molecular weight is 217 g/mol. The molecule has 0 saturated heterocycles. The van der Waals surface area contributed by atoms with Gasteiger partial charge in [0.05, 0.1) is 22.6 Å². The summed E-state index contributed by atoms with van der Waals surface area (Å²) in [5, 5.41) is 2.83. The number of nitrogens with zero attached hydrogens (tertiary/aromatic N) is 1. The zero-order valence-corrected chi connectivity index (χ0v) is 8.78. The fourth-order valence-electron chi connectivity index (χ4n) is 2.11. The molecule has 1 aliphatic rings. The Kier molecular flexibility index (Phi) is 1.71. The second-order valence-electron chi connectivity index (χ2n) is 4.13. The third-order valence-electron chi connectivity index (χ3n) is 2.95. The molecule has 5 heteroatoms. The predicted octanol–water partition coefficient (Wildman–Crippen LogP) is 0.918. The lowest BCUT2D eigenvalue weighted by Gasteiger charge is -2.06. The third kappa shape index (κ3) is 1.11. The number of H-pyrrole nitrogens is 1. The van der Waals surface area contributed by atoms with Gasteiger partial charge in [-0.25, -0.2) is 4.79 Å². The predicted molar refractivity (Wildman–Crippen MR) is 60.4 cm³/mol. The molecule has 2 aromatic rings. The summed E-state index contributed by atoms with van der Waals surface area (Å²) in [7, 11) is 0. The molecule has 0 bridgehead atoms. The molecule has 1 aromatic carbocycles. The molecule has 2 heterocycles. The minimum Gasteiger partial charge on any atom is -0.324 e. The van der Waals surface area contributed by atoms with Crippen LogP contribution in [0, 0.1) is 5.92 Å². The molecule has 1 unspecified atom stereocenters. The number of carbonyl (C=O) groups excluding carboxylic acids is 1. The highest BCUT2D eigenvalue weighted by Crippen LogP contribution is 2.25. The molecule has 2 N–H and O–H groups in total. The number of aromatic nitrogens is 2. The van der Waals surface area contributed by atoms with Crippen molar-refractivity contribution in [2.45, 2.75) is 13.5 Å². The highest BCUT2D eigenvalue weighted by atomic mass is 16.2. The van der Waals surface area contributed by atoms with E-state index in [1.165, 1.54) is 0 Å². The normalized spacial score (nSPS) is 19.6. The summed E-state index contributed by atoms with van der Waals surface area (Å²) in [6, 6.07) is 5.45. The standard InChI is InChI=1S/C11H11N3O2/c1-6-5-14-9-7(12-10(6)15)3-2-4-8(9)13-11(14)16/h2-4,6H,5H2,1H3,(H,12,15)(H,13,16). The maximum atomic E-state index is 11.7. The molecule has 0 fully saturated rings. The first-order valence-electron chi connectivity index (χ1n) is 5.19. The van der Waals surface area contributed by atoms with Gasteiger partial charge < -0.3 is 10.3 Å². The van der Waals surface area contributed by atoms with Crippen LogP contribution in [0.4, 0.5) is 5.69 Å². The summed E-state index contributed by atoms with van der Waals surface area (Å²) in [6.07, 6.45) is 0. The summed E-state index contributed by atoms with van der Waals surface area (Å²) >= 11 is 0. The molecule has 0 spiro atoms. The third-order valence-corrected chi connectivity index (χ3v) is 2.95. The van der Waals surface area contributed by atoms with Gasteiger partial charge in [0.15, 0.2) is 0 Å². The topological polar surface area (TPSA) is 66.9 Å². The molecule has 1 atom stereocenters. The van der Waals surface area contributed by atoms with Crippen molar-refractivity contribution < 1.29 is 4.79 Å². The van der Waals surface area contributed by atoms with E-state index in [-0.39, 0.29) is 17.5 Å². The van der Waals surface area contributed by atoms with Crippen LogP contribution in [0.1, 0.15) is 6.92 Å². The largest absolute Gasteiger partial charge is 0.326 e. The number of benzene rings is 1. The van der Waals surface area contributed by atoms with Gasteiger partial charge in [0, 0.05) is 6.54 Å². The summed E-state index contributed by atoms with van der Waals surface area (Å²) in [6.45, 7) is 2.23. The van der Waals surface area contributed by atoms with Gasteiger partial charge in [0.1, 0.15) is 0 Å². The Morgan fingerprint density at radius 1 is 1.38 bits per heavy atom. The number of aromatic amines is 1. The fraction of sp³-hybridized carbons (Fsp3) is 0.273. The number of hydrogen-bond donors (Lipinski definition) is 2. The smallest absolute Gasteiger partial charge is 0.324 e. The minimum absolute atomic E-state index is 0.0457. The number of amides is 1. The average Bonchev–Trinajstić information content (AvgIpc) is 2.48. The molecular weight excluding hydrogens is 206 g/mol. The molecule has 5 nitrogen and oxygen atoms in total. The van der Waals surface area contributed by atoms with Crippen molar-refractivity contribution in [2.24, 2.45) is 5.92 Å². The number of nitrogens with one attached hydrogen (secondary N) is 2. The van der Waals surface area contributed by atoms with Gasteiger partial charge in [-0.1, -0.05) is 13.0 Å². The van der Waals surface area contributed by atoms with Crippen LogP contribution in [-0.2, 0) is 11.3 Å². The van der Waals surface area contributed by atoms with Gasteiger partial charge in [0.2, 0.25) is 5.91 Å². The van der Waals surface area contributed by atoms with Gasteiger partial charge in [-0.2, -0.15) is 0 Å². The Morgan fingerprint density at radius 3 is 3.00 bits per heavy atom. The Hall–Kier alpha value is -2.04. The van der Waals surface area contributed by atoms with Crippen LogP contribution in [0.15, 0.2) is 23.0 Å². The summed E-state index contributed by atoms with van der Waals surface area (Å²) < 4.78 is 1.62. The highest BCUT2D eigenvalue weighted by molar-refractivity contribution is 6.01. The number of rotatable bonds is 0. The molecule has 1 aromatic heterocycles. The van der Waals surface area contributed by atoms with Crippen LogP contribution < -0.4 is 11.0 Å². The van der Waals surface area contributed by atoms with Crippen LogP contribution in [-0.4, -0.2) is 15.5 Å². The van der Waals surface area contributed by atoms with Crippen molar-refractivity contribution in [3.8, 4) is 0 Å². The van der Waals surface area contributed by atoms with Crippen molar-refractivity contribution in [3.63, 3.8) is 0 Å². The van der Waals surface area contributed by atoms with Crippen LogP contribution in [0.3, 0.4) is 0 Å². The maximum absolute atomic E-state index is 11.7. The van der Waals surface area contributed by atoms with Crippen LogP contribution in [0.2, 0.25) is 0 Å². The van der Waals surface area contributed by atoms with Crippen LogP contribution in [0.5, 0.6) is 0 Å². The SMILES string of the molecule is CC1Cn2c(=O)[nH]c3cccc(c32)NC1=O. The lowest BCUT2D eigenvalue weighted by atomic mass is 10.2. The van der Waals surface area contributed by atoms with Crippen molar-refractivity contribution in [3.05, 3.63) is 28.7 Å². The Bertz CT molecular complexity index is 638. The Morgan fingerprint density at radius 2 is 2.19 bits per heavy atom. The lowest BCUT2D eigenvalue weighted by Crippen LogP contribution is -2.25. The molecule has 1 aliphatic heterocycles. The first-order chi connectivity index (χ1) is 7.66. The number of carbonyl (C=O) groups is 1. The molecule has 82 valence electrons. The van der Waals surface area contributed by atoms with Crippen molar-refractivity contribution in [1.29, 1.82) is 0 Å². The van der Waals surface area contributed by atoms with E-state index in [4.69, 9.17) is 0 Å². The number of imidazole rings is 1. The van der Waals surface area contributed by atoms with E-state index in [1.807, 2.05) is 25.1 Å². The summed E-state index contributed by atoms with van der Waals surface area (Å²) in [5.41, 5.74) is 2.08. The molecular formula is C11H11N3O2. The monoisotopic (exact) mass is 217 g/mol. The van der Waals surface area contributed by atoms with E-state index in [9.17, 15) is 9.59 Å². The van der Waals surface area contributed by atoms with E-state index in [2.05, 4.69) is 10.3 Å². The van der Waals surface area contributed by atoms with E-state index in [0.717, 1.165) is 11.0 Å². The van der Waals surface area contributed by atoms with Crippen LogP contribution >= 0.6 is 0 Å².